The number of para-hydroxylation sites is 1. The summed E-state index contributed by atoms with van der Waals surface area (Å²) < 4.78 is 10.4. The molecule has 0 saturated heterocycles. The second-order valence-corrected chi connectivity index (χ2v) is 5.05. The molecule has 0 unspecified atom stereocenters. The van der Waals surface area contributed by atoms with Crippen molar-refractivity contribution in [2.75, 3.05) is 19.5 Å². The Hall–Kier alpha value is -3.08. The summed E-state index contributed by atoms with van der Waals surface area (Å²) in [6.45, 7) is 1.36. The van der Waals surface area contributed by atoms with Gasteiger partial charge in [-0.25, -0.2) is 0 Å². The number of anilines is 1. The topological polar surface area (TPSA) is 64.6 Å². The molecule has 2 aromatic rings. The van der Waals surface area contributed by atoms with Crippen LogP contribution >= 0.6 is 0 Å². The fourth-order valence-electron chi connectivity index (χ4n) is 2.16. The van der Waals surface area contributed by atoms with Crippen LogP contribution in [-0.2, 0) is 9.59 Å². The number of benzene rings is 2. The van der Waals surface area contributed by atoms with Crippen molar-refractivity contribution in [3.05, 3.63) is 59.7 Å². The monoisotopic (exact) mass is 325 g/mol. The molecule has 2 aromatic carbocycles. The van der Waals surface area contributed by atoms with Crippen LogP contribution in [0.1, 0.15) is 12.5 Å². The Morgan fingerprint density at radius 2 is 1.62 bits per heavy atom. The van der Waals surface area contributed by atoms with E-state index in [4.69, 9.17) is 9.47 Å². The zero-order valence-corrected chi connectivity index (χ0v) is 13.8. The van der Waals surface area contributed by atoms with E-state index in [0.29, 0.717) is 22.7 Å². The quantitative estimate of drug-likeness (QED) is 0.503. The second-order valence-electron chi connectivity index (χ2n) is 5.05. The number of methoxy groups -OCH3 is 2. The summed E-state index contributed by atoms with van der Waals surface area (Å²) in [5.41, 5.74) is 1.36. The van der Waals surface area contributed by atoms with E-state index >= 15 is 0 Å². The van der Waals surface area contributed by atoms with Gasteiger partial charge in [0.25, 0.3) is 5.91 Å². The predicted octanol–water partition coefficient (Wildman–Crippen LogP) is 3.31. The van der Waals surface area contributed by atoms with E-state index in [9.17, 15) is 9.59 Å². The molecule has 5 heteroatoms. The molecule has 0 atom stereocenters. The molecular weight excluding hydrogens is 306 g/mol. The van der Waals surface area contributed by atoms with E-state index in [-0.39, 0.29) is 11.4 Å². The van der Waals surface area contributed by atoms with Gasteiger partial charge in [0.15, 0.2) is 17.3 Å². The van der Waals surface area contributed by atoms with E-state index in [2.05, 4.69) is 5.32 Å². The smallest absolute Gasteiger partial charge is 0.259 e. The van der Waals surface area contributed by atoms with Gasteiger partial charge in [0.2, 0.25) is 0 Å². The first kappa shape index (κ1) is 17.3. The van der Waals surface area contributed by atoms with Crippen molar-refractivity contribution in [3.8, 4) is 11.5 Å². The summed E-state index contributed by atoms with van der Waals surface area (Å²) in [6, 6.07) is 14.1. The highest BCUT2D eigenvalue weighted by Crippen LogP contribution is 2.28. The first-order chi connectivity index (χ1) is 11.5. The number of hydrogen-bond donors (Lipinski definition) is 1. The van der Waals surface area contributed by atoms with Gasteiger partial charge in [-0.2, -0.15) is 0 Å². The molecule has 24 heavy (non-hydrogen) atoms. The fourth-order valence-corrected chi connectivity index (χ4v) is 2.16. The molecule has 0 aliphatic carbocycles. The Kier molecular flexibility index (Phi) is 5.73. The van der Waals surface area contributed by atoms with Gasteiger partial charge in [0.1, 0.15) is 0 Å². The van der Waals surface area contributed by atoms with Crippen LogP contribution in [0.15, 0.2) is 54.1 Å². The van der Waals surface area contributed by atoms with Crippen molar-refractivity contribution in [2.45, 2.75) is 6.92 Å². The lowest BCUT2D eigenvalue weighted by Gasteiger charge is -2.09. The van der Waals surface area contributed by atoms with Crippen LogP contribution in [0, 0.1) is 0 Å². The van der Waals surface area contributed by atoms with E-state index < -0.39 is 5.91 Å². The number of carbonyl (C=O) groups is 2. The van der Waals surface area contributed by atoms with E-state index in [1.807, 2.05) is 6.07 Å². The Labute approximate surface area is 140 Å². The van der Waals surface area contributed by atoms with Gasteiger partial charge < -0.3 is 14.8 Å². The maximum Gasteiger partial charge on any atom is 0.259 e. The highest BCUT2D eigenvalue weighted by Gasteiger charge is 2.15. The third-order valence-corrected chi connectivity index (χ3v) is 3.37. The molecular formula is C19H19NO4. The fraction of sp³-hybridized carbons (Fsp3) is 0.158. The van der Waals surface area contributed by atoms with Gasteiger partial charge in [-0.1, -0.05) is 24.3 Å². The highest BCUT2D eigenvalue weighted by molar-refractivity contribution is 6.25. The van der Waals surface area contributed by atoms with Crippen molar-refractivity contribution >= 4 is 23.5 Å². The molecule has 0 heterocycles. The van der Waals surface area contributed by atoms with Gasteiger partial charge in [-0.15, -0.1) is 0 Å². The van der Waals surface area contributed by atoms with Crippen molar-refractivity contribution < 1.29 is 19.1 Å². The number of hydrogen-bond acceptors (Lipinski definition) is 4. The molecule has 0 aromatic heterocycles. The molecule has 124 valence electrons. The van der Waals surface area contributed by atoms with E-state index in [1.165, 1.54) is 20.1 Å². The summed E-state index contributed by atoms with van der Waals surface area (Å²) in [7, 11) is 3.07. The molecule has 5 nitrogen and oxygen atoms in total. The minimum Gasteiger partial charge on any atom is -0.493 e. The molecule has 0 aliphatic heterocycles. The number of carbonyl (C=O) groups excluding carboxylic acids is 2. The molecule has 1 amide bonds. The number of amides is 1. The van der Waals surface area contributed by atoms with Gasteiger partial charge >= 0.3 is 0 Å². The van der Waals surface area contributed by atoms with Gasteiger partial charge in [-0.3, -0.25) is 9.59 Å². The molecule has 1 N–H and O–H groups in total. The Balaban J connectivity index is 2.31. The lowest BCUT2D eigenvalue weighted by molar-refractivity contribution is -0.118. The average molecular weight is 325 g/mol. The normalized spacial score (nSPS) is 10.9. The molecule has 2 rings (SSSR count). The maximum atomic E-state index is 12.4. The van der Waals surface area contributed by atoms with Crippen molar-refractivity contribution in [1.29, 1.82) is 0 Å². The van der Waals surface area contributed by atoms with E-state index in [1.54, 1.807) is 49.6 Å². The third kappa shape index (κ3) is 4.23. The largest absolute Gasteiger partial charge is 0.493 e. The van der Waals surface area contributed by atoms with Gasteiger partial charge in [-0.05, 0) is 42.8 Å². The molecule has 0 bridgehead atoms. The van der Waals surface area contributed by atoms with Crippen LogP contribution in [-0.4, -0.2) is 25.9 Å². The lowest BCUT2D eigenvalue weighted by atomic mass is 10.1. The van der Waals surface area contributed by atoms with Crippen LogP contribution in [0.4, 0.5) is 5.69 Å². The summed E-state index contributed by atoms with van der Waals surface area (Å²) in [6.07, 6.45) is 1.53. The average Bonchev–Trinajstić information content (AvgIpc) is 2.59. The molecule has 0 fully saturated rings. The minimum atomic E-state index is -0.455. The number of nitrogens with one attached hydrogen (secondary N) is 1. The second kappa shape index (κ2) is 7.97. The maximum absolute atomic E-state index is 12.4. The van der Waals surface area contributed by atoms with Crippen molar-refractivity contribution in [1.82, 2.24) is 0 Å². The summed E-state index contributed by atoms with van der Waals surface area (Å²) >= 11 is 0. The predicted molar refractivity (Wildman–Crippen MR) is 93.3 cm³/mol. The van der Waals surface area contributed by atoms with Crippen LogP contribution in [0.25, 0.3) is 6.08 Å². The van der Waals surface area contributed by atoms with Crippen LogP contribution in [0.3, 0.4) is 0 Å². The molecule has 0 aliphatic rings. The Bertz CT molecular complexity index is 766. The number of rotatable bonds is 6. The first-order valence-corrected chi connectivity index (χ1v) is 7.36. The molecule has 0 spiro atoms. The zero-order chi connectivity index (χ0) is 17.5. The van der Waals surface area contributed by atoms with Gasteiger partial charge in [0, 0.05) is 5.69 Å². The molecule has 0 saturated carbocycles. The highest BCUT2D eigenvalue weighted by atomic mass is 16.5. The molecule has 0 radical (unpaired) electrons. The zero-order valence-electron chi connectivity index (χ0n) is 13.8. The Morgan fingerprint density at radius 3 is 2.21 bits per heavy atom. The summed E-state index contributed by atoms with van der Waals surface area (Å²) in [4.78, 5) is 24.3. The van der Waals surface area contributed by atoms with Crippen LogP contribution in [0.5, 0.6) is 11.5 Å². The van der Waals surface area contributed by atoms with Crippen molar-refractivity contribution in [3.63, 3.8) is 0 Å². The first-order valence-electron chi connectivity index (χ1n) is 7.36. The van der Waals surface area contributed by atoms with Gasteiger partial charge in [0.05, 0.1) is 19.8 Å². The number of ether oxygens (including phenoxy) is 2. The minimum absolute atomic E-state index is 0.0612. The Morgan fingerprint density at radius 1 is 0.958 bits per heavy atom. The SMILES string of the molecule is COc1ccc(C=C(C(C)=O)C(=O)Nc2ccccc2)cc1OC. The lowest BCUT2D eigenvalue weighted by Crippen LogP contribution is -2.18. The number of Topliss-reactive ketones (excluding diaryl/α,β-unsaturated/α-hetero) is 1. The third-order valence-electron chi connectivity index (χ3n) is 3.37. The number of ketones is 1. The standard InChI is InChI=1S/C19H19NO4/c1-13(21)16(19(22)20-15-7-5-4-6-8-15)11-14-9-10-17(23-2)18(12-14)24-3/h4-12H,1-3H3,(H,20,22). The van der Waals surface area contributed by atoms with Crippen LogP contribution in [0.2, 0.25) is 0 Å². The summed E-state index contributed by atoms with van der Waals surface area (Å²) in [5, 5.41) is 2.71. The van der Waals surface area contributed by atoms with Crippen LogP contribution < -0.4 is 14.8 Å². The summed E-state index contributed by atoms with van der Waals surface area (Å²) in [5.74, 6) is 0.326. The van der Waals surface area contributed by atoms with Crippen molar-refractivity contribution in [2.24, 2.45) is 0 Å². The van der Waals surface area contributed by atoms with E-state index in [0.717, 1.165) is 0 Å².